The Balaban J connectivity index is 1.04. The van der Waals surface area contributed by atoms with Crippen molar-refractivity contribution >= 4 is 45.9 Å². The van der Waals surface area contributed by atoms with Gasteiger partial charge in [0, 0.05) is 39.7 Å². The van der Waals surface area contributed by atoms with Crippen molar-refractivity contribution in [1.82, 2.24) is 38.2 Å². The molecule has 15 heteroatoms. The summed E-state index contributed by atoms with van der Waals surface area (Å²) in [7, 11) is 1.66. The average molecular weight is 616 g/mol. The Kier molecular flexibility index (Phi) is 8.34. The van der Waals surface area contributed by atoms with Crippen LogP contribution in [0, 0.1) is 0 Å². The van der Waals surface area contributed by atoms with Crippen molar-refractivity contribution in [2.45, 2.75) is 65.3 Å². The molecule has 0 bridgehead atoms. The van der Waals surface area contributed by atoms with Crippen LogP contribution >= 0.6 is 0 Å². The molecule has 45 heavy (non-hydrogen) atoms. The smallest absolute Gasteiger partial charge is 0.332 e. The molecule has 0 unspecified atom stereocenters. The summed E-state index contributed by atoms with van der Waals surface area (Å²) >= 11 is 0. The summed E-state index contributed by atoms with van der Waals surface area (Å²) in [5.41, 5.74) is 9.22. The number of aromatic nitrogens is 8. The van der Waals surface area contributed by atoms with Gasteiger partial charge in [-0.3, -0.25) is 28.6 Å². The standard InChI is InChI=1S/C30H37N11O4/c1-4-39-26-23(27(43)40(5-2)30(39)44)38(3)29(37-26)34-20(42)13-12-18-8-10-19(11-9-18)14-15-32-28-35-24(31)22-25(36-28)41(17-33-22)21-7-6-16-45-21/h8-11,17,21H,4-7,12-16H2,1-3H3,(H,34,37,42)(H3,31,32,35,36)/t21-/m1/s1. The minimum atomic E-state index is -0.424. The zero-order chi connectivity index (χ0) is 31.7. The maximum absolute atomic E-state index is 12.9. The number of hydrogen-bond acceptors (Lipinski definition) is 10. The Hall–Kier alpha value is -5.05. The van der Waals surface area contributed by atoms with E-state index in [1.165, 1.54) is 13.7 Å². The number of nitrogen functional groups attached to an aromatic ring is 1. The number of anilines is 3. The molecule has 1 saturated heterocycles. The Labute approximate surface area is 258 Å². The van der Waals surface area contributed by atoms with Crippen LogP contribution in [0.4, 0.5) is 17.7 Å². The van der Waals surface area contributed by atoms with Crippen molar-refractivity contribution < 1.29 is 9.53 Å². The fourth-order valence-corrected chi connectivity index (χ4v) is 5.68. The molecule has 1 amide bonds. The van der Waals surface area contributed by atoms with Gasteiger partial charge in [-0.2, -0.15) is 15.0 Å². The summed E-state index contributed by atoms with van der Waals surface area (Å²) < 4.78 is 11.8. The Morgan fingerprint density at radius 3 is 2.44 bits per heavy atom. The fraction of sp³-hybridized carbons (Fsp3) is 0.433. The monoisotopic (exact) mass is 615 g/mol. The van der Waals surface area contributed by atoms with Crippen molar-refractivity contribution in [1.29, 1.82) is 0 Å². The number of carbonyl (C=O) groups is 1. The molecule has 0 saturated carbocycles. The zero-order valence-electron chi connectivity index (χ0n) is 25.6. The van der Waals surface area contributed by atoms with Crippen LogP contribution in [-0.4, -0.2) is 57.3 Å². The molecule has 1 aliphatic heterocycles. The number of nitrogens with one attached hydrogen (secondary N) is 2. The van der Waals surface area contributed by atoms with E-state index in [1.807, 2.05) is 35.8 Å². The third-order valence-corrected chi connectivity index (χ3v) is 8.15. The van der Waals surface area contributed by atoms with E-state index in [1.54, 1.807) is 20.3 Å². The molecular formula is C30H37N11O4. The van der Waals surface area contributed by atoms with Gasteiger partial charge in [0.2, 0.25) is 17.8 Å². The highest BCUT2D eigenvalue weighted by atomic mass is 16.5. The second kappa shape index (κ2) is 12.5. The Morgan fingerprint density at radius 1 is 1.02 bits per heavy atom. The van der Waals surface area contributed by atoms with Crippen LogP contribution in [0.25, 0.3) is 22.3 Å². The summed E-state index contributed by atoms with van der Waals surface area (Å²) in [6.07, 6.45) is 5.03. The van der Waals surface area contributed by atoms with Crippen molar-refractivity contribution in [2.75, 3.05) is 29.5 Å². The molecule has 0 spiro atoms. The van der Waals surface area contributed by atoms with Gasteiger partial charge >= 0.3 is 5.69 Å². The van der Waals surface area contributed by atoms with E-state index in [0.717, 1.165) is 37.0 Å². The van der Waals surface area contributed by atoms with E-state index in [4.69, 9.17) is 10.5 Å². The van der Waals surface area contributed by atoms with Crippen LogP contribution in [0.3, 0.4) is 0 Å². The molecule has 236 valence electrons. The second-order valence-electron chi connectivity index (χ2n) is 11.0. The number of hydrogen-bond donors (Lipinski definition) is 3. The van der Waals surface area contributed by atoms with Gasteiger partial charge < -0.3 is 20.4 Å². The van der Waals surface area contributed by atoms with Gasteiger partial charge in [0.25, 0.3) is 5.56 Å². The van der Waals surface area contributed by atoms with Gasteiger partial charge in [0.05, 0.1) is 6.33 Å². The first kappa shape index (κ1) is 30.0. The predicted octanol–water partition coefficient (Wildman–Crippen LogP) is 2.19. The van der Waals surface area contributed by atoms with Gasteiger partial charge in [-0.1, -0.05) is 24.3 Å². The first-order chi connectivity index (χ1) is 21.8. The van der Waals surface area contributed by atoms with Crippen molar-refractivity contribution in [3.63, 3.8) is 0 Å². The van der Waals surface area contributed by atoms with Gasteiger partial charge in [0.1, 0.15) is 11.7 Å². The van der Waals surface area contributed by atoms with E-state index >= 15 is 0 Å². The molecule has 4 aromatic heterocycles. The lowest BCUT2D eigenvalue weighted by atomic mass is 10.1. The topological polar surface area (TPSA) is 182 Å². The van der Waals surface area contributed by atoms with Gasteiger partial charge in [-0.25, -0.2) is 9.78 Å². The van der Waals surface area contributed by atoms with Gasteiger partial charge in [0.15, 0.2) is 22.6 Å². The fourth-order valence-electron chi connectivity index (χ4n) is 5.68. The van der Waals surface area contributed by atoms with Crippen molar-refractivity contribution in [3.8, 4) is 0 Å². The van der Waals surface area contributed by atoms with Gasteiger partial charge in [-0.05, 0) is 50.7 Å². The summed E-state index contributed by atoms with van der Waals surface area (Å²) in [4.78, 5) is 56.2. The Morgan fingerprint density at radius 2 is 1.76 bits per heavy atom. The molecule has 6 rings (SSSR count). The van der Waals surface area contributed by atoms with Crippen LogP contribution in [0.5, 0.6) is 0 Å². The number of imidazole rings is 2. The van der Waals surface area contributed by atoms with Crippen LogP contribution < -0.4 is 27.6 Å². The van der Waals surface area contributed by atoms with Crippen LogP contribution in [0.15, 0.2) is 40.2 Å². The quantitative estimate of drug-likeness (QED) is 0.199. The molecule has 5 aromatic rings. The molecule has 1 aromatic carbocycles. The number of nitrogens with two attached hydrogens (primary N) is 1. The number of carbonyl (C=O) groups excluding carboxylic acids is 1. The number of aryl methyl sites for hydroxylation is 3. The highest BCUT2D eigenvalue weighted by Gasteiger charge is 2.22. The normalized spacial score (nSPS) is 14.9. The number of fused-ring (bicyclic) bond motifs is 2. The van der Waals surface area contributed by atoms with E-state index in [-0.39, 0.29) is 42.2 Å². The lowest BCUT2D eigenvalue weighted by molar-refractivity contribution is -0.116. The third-order valence-electron chi connectivity index (χ3n) is 8.15. The van der Waals surface area contributed by atoms with Crippen LogP contribution in [0.1, 0.15) is 50.5 Å². The minimum Gasteiger partial charge on any atom is -0.382 e. The predicted molar refractivity (Wildman–Crippen MR) is 170 cm³/mol. The summed E-state index contributed by atoms with van der Waals surface area (Å²) in [6.45, 7) is 5.49. The van der Waals surface area contributed by atoms with E-state index < -0.39 is 11.2 Å². The highest BCUT2D eigenvalue weighted by molar-refractivity contribution is 5.91. The number of rotatable bonds is 11. The molecule has 0 aliphatic carbocycles. The average Bonchev–Trinajstić information content (AvgIpc) is 3.77. The number of ether oxygens (including phenoxy) is 1. The number of benzene rings is 1. The molecular weight excluding hydrogens is 578 g/mol. The summed E-state index contributed by atoms with van der Waals surface area (Å²) in [5.74, 6) is 0.758. The molecule has 1 atom stereocenters. The lowest BCUT2D eigenvalue weighted by Crippen LogP contribution is -2.39. The van der Waals surface area contributed by atoms with Gasteiger partial charge in [-0.15, -0.1) is 0 Å². The molecule has 5 heterocycles. The Bertz CT molecular complexity index is 1980. The van der Waals surface area contributed by atoms with E-state index in [2.05, 4.69) is 30.6 Å². The van der Waals surface area contributed by atoms with Crippen molar-refractivity contribution in [3.05, 3.63) is 62.6 Å². The SMILES string of the molecule is CCn1c(=O)c2c(nc(NC(=O)CCc3ccc(CCNc4nc(N)c5ncn([C@H]6CCCO6)c5n4)cc3)n2C)n(CC)c1=O. The highest BCUT2D eigenvalue weighted by Crippen LogP contribution is 2.28. The van der Waals surface area contributed by atoms with E-state index in [0.29, 0.717) is 42.4 Å². The summed E-state index contributed by atoms with van der Waals surface area (Å²) in [6, 6.07) is 8.08. The maximum Gasteiger partial charge on any atom is 0.332 e. The van der Waals surface area contributed by atoms with Crippen LogP contribution in [0.2, 0.25) is 0 Å². The largest absolute Gasteiger partial charge is 0.382 e. The first-order valence-corrected chi connectivity index (χ1v) is 15.2. The molecule has 1 fully saturated rings. The summed E-state index contributed by atoms with van der Waals surface area (Å²) in [5, 5.41) is 6.06. The lowest BCUT2D eigenvalue weighted by Gasteiger charge is -2.12. The second-order valence-corrected chi connectivity index (χ2v) is 11.0. The maximum atomic E-state index is 12.9. The number of nitrogens with zero attached hydrogens (tertiary/aromatic N) is 8. The first-order valence-electron chi connectivity index (χ1n) is 15.2. The molecule has 0 radical (unpaired) electrons. The van der Waals surface area contributed by atoms with E-state index in [9.17, 15) is 14.4 Å². The molecule has 4 N–H and O–H groups in total. The zero-order valence-corrected chi connectivity index (χ0v) is 25.6. The number of amides is 1. The third kappa shape index (κ3) is 5.78. The van der Waals surface area contributed by atoms with Crippen LogP contribution in [-0.2, 0) is 42.5 Å². The van der Waals surface area contributed by atoms with Crippen molar-refractivity contribution in [2.24, 2.45) is 7.05 Å². The molecule has 1 aliphatic rings. The molecule has 15 nitrogen and oxygen atoms in total. The minimum absolute atomic E-state index is 0.0850.